The molecule has 0 aliphatic rings. The highest BCUT2D eigenvalue weighted by molar-refractivity contribution is 5.85. The zero-order valence-electron chi connectivity index (χ0n) is 11.3. The molecule has 2 atom stereocenters. The van der Waals surface area contributed by atoms with Crippen molar-refractivity contribution in [3.8, 4) is 6.07 Å². The van der Waals surface area contributed by atoms with Crippen molar-refractivity contribution in [1.82, 2.24) is 5.32 Å². The summed E-state index contributed by atoms with van der Waals surface area (Å²) in [5, 5.41) is 23.0. The van der Waals surface area contributed by atoms with Crippen molar-refractivity contribution in [1.29, 1.82) is 5.26 Å². The van der Waals surface area contributed by atoms with Gasteiger partial charge < -0.3 is 15.7 Å². The molecular formula is C13H14F3N3O2. The largest absolute Gasteiger partial charge is 0.417 e. The fourth-order valence-corrected chi connectivity index (χ4v) is 1.71. The lowest BCUT2D eigenvalue weighted by Gasteiger charge is -2.21. The van der Waals surface area contributed by atoms with Gasteiger partial charge in [0.05, 0.1) is 23.3 Å². The molecule has 0 aliphatic heterocycles. The van der Waals surface area contributed by atoms with Crippen LogP contribution in [-0.2, 0) is 11.0 Å². The number of hydrogen-bond donors (Lipinski definition) is 3. The van der Waals surface area contributed by atoms with E-state index in [1.54, 1.807) is 0 Å². The third-order valence-electron chi connectivity index (χ3n) is 2.78. The number of nitrogens with zero attached hydrogens (tertiary/aromatic N) is 1. The van der Waals surface area contributed by atoms with Crippen LogP contribution in [0.1, 0.15) is 18.1 Å². The van der Waals surface area contributed by atoms with E-state index in [2.05, 4.69) is 10.6 Å². The second-order valence-electron chi connectivity index (χ2n) is 4.35. The van der Waals surface area contributed by atoms with E-state index in [-0.39, 0.29) is 5.69 Å². The van der Waals surface area contributed by atoms with Gasteiger partial charge in [-0.25, -0.2) is 0 Å². The van der Waals surface area contributed by atoms with Gasteiger partial charge in [-0.2, -0.15) is 18.4 Å². The van der Waals surface area contributed by atoms with Gasteiger partial charge in [0.25, 0.3) is 0 Å². The predicted octanol–water partition coefficient (Wildman–Crippen LogP) is 1.48. The molecule has 8 heteroatoms. The van der Waals surface area contributed by atoms with Crippen LogP contribution in [0.5, 0.6) is 0 Å². The molecule has 1 aromatic carbocycles. The molecule has 0 bridgehead atoms. The minimum absolute atomic E-state index is 0.0178. The number of rotatable bonds is 4. The van der Waals surface area contributed by atoms with Crippen LogP contribution in [0, 0.1) is 11.3 Å². The number of nitriles is 1. The summed E-state index contributed by atoms with van der Waals surface area (Å²) in [5.74, 6) is -0.567. The fourth-order valence-electron chi connectivity index (χ4n) is 1.71. The minimum Gasteiger partial charge on any atom is -0.391 e. The van der Waals surface area contributed by atoms with Crippen LogP contribution in [0.25, 0.3) is 0 Å². The molecule has 0 spiro atoms. The second kappa shape index (κ2) is 6.45. The van der Waals surface area contributed by atoms with Crippen LogP contribution in [0.3, 0.4) is 0 Å². The number of benzene rings is 1. The number of halogens is 3. The number of amides is 1. The second-order valence-corrected chi connectivity index (χ2v) is 4.35. The molecular weight excluding hydrogens is 287 g/mol. The monoisotopic (exact) mass is 301 g/mol. The maximum absolute atomic E-state index is 12.8. The lowest BCUT2D eigenvalue weighted by atomic mass is 10.1. The maximum atomic E-state index is 12.8. The number of likely N-dealkylation sites (N-methyl/N-ethyl adjacent to an activating group) is 1. The molecule has 0 unspecified atom stereocenters. The standard InChI is InChI=1S/C13H14F3N3O2/c1-7(20)11(12(21)18-2)19-9-4-3-8(6-17)10(5-9)13(14,15)16/h3-5,7,11,19-20H,1-2H3,(H,18,21)/t7-,11-/m1/s1. The van der Waals surface area contributed by atoms with E-state index in [9.17, 15) is 23.1 Å². The summed E-state index contributed by atoms with van der Waals surface area (Å²) < 4.78 is 38.5. The average Bonchev–Trinajstić information content (AvgIpc) is 2.42. The first-order chi connectivity index (χ1) is 9.70. The number of carbonyl (C=O) groups excluding carboxylic acids is 1. The topological polar surface area (TPSA) is 85.2 Å². The number of anilines is 1. The average molecular weight is 301 g/mol. The highest BCUT2D eigenvalue weighted by Gasteiger charge is 2.34. The first-order valence-corrected chi connectivity index (χ1v) is 5.98. The quantitative estimate of drug-likeness (QED) is 0.786. The molecule has 1 aromatic rings. The van der Waals surface area contributed by atoms with E-state index in [4.69, 9.17) is 5.26 Å². The molecule has 1 rings (SSSR count). The smallest absolute Gasteiger partial charge is 0.391 e. The van der Waals surface area contributed by atoms with E-state index in [1.165, 1.54) is 26.1 Å². The molecule has 0 aliphatic carbocycles. The minimum atomic E-state index is -4.68. The number of aliphatic hydroxyl groups is 1. The van der Waals surface area contributed by atoms with Gasteiger partial charge in [0.15, 0.2) is 0 Å². The Hall–Kier alpha value is -2.27. The summed E-state index contributed by atoms with van der Waals surface area (Å²) in [4.78, 5) is 11.6. The van der Waals surface area contributed by atoms with Crippen LogP contribution < -0.4 is 10.6 Å². The van der Waals surface area contributed by atoms with E-state index in [0.29, 0.717) is 0 Å². The normalized spacial score (nSPS) is 14.0. The lowest BCUT2D eigenvalue weighted by Crippen LogP contribution is -2.44. The SMILES string of the molecule is CNC(=O)[C@H](Nc1ccc(C#N)c(C(F)(F)F)c1)[C@@H](C)O. The molecule has 5 nitrogen and oxygen atoms in total. The summed E-state index contributed by atoms with van der Waals surface area (Å²) in [6.07, 6.45) is -5.80. The Labute approximate surface area is 119 Å². The van der Waals surface area contributed by atoms with Crippen LogP contribution in [-0.4, -0.2) is 30.2 Å². The van der Waals surface area contributed by atoms with E-state index in [1.807, 2.05) is 0 Å². The third kappa shape index (κ3) is 4.10. The van der Waals surface area contributed by atoms with Gasteiger partial charge in [-0.05, 0) is 25.1 Å². The maximum Gasteiger partial charge on any atom is 0.417 e. The summed E-state index contributed by atoms with van der Waals surface area (Å²) in [5.41, 5.74) is -1.63. The number of carbonyl (C=O) groups is 1. The zero-order chi connectivity index (χ0) is 16.2. The number of aliphatic hydroxyl groups excluding tert-OH is 1. The van der Waals surface area contributed by atoms with Gasteiger partial charge in [0, 0.05) is 12.7 Å². The van der Waals surface area contributed by atoms with Crippen molar-refractivity contribution in [3.05, 3.63) is 29.3 Å². The summed E-state index contributed by atoms with van der Waals surface area (Å²) >= 11 is 0. The highest BCUT2D eigenvalue weighted by atomic mass is 19.4. The first-order valence-electron chi connectivity index (χ1n) is 5.98. The zero-order valence-corrected chi connectivity index (χ0v) is 11.3. The third-order valence-corrected chi connectivity index (χ3v) is 2.78. The Morgan fingerprint density at radius 3 is 2.48 bits per heavy atom. The molecule has 0 saturated heterocycles. The predicted molar refractivity (Wildman–Crippen MR) is 69.3 cm³/mol. The van der Waals surface area contributed by atoms with E-state index in [0.717, 1.165) is 12.1 Å². The number of hydrogen-bond acceptors (Lipinski definition) is 4. The Bertz CT molecular complexity index is 565. The first kappa shape index (κ1) is 16.8. The molecule has 114 valence electrons. The Balaban J connectivity index is 3.15. The number of alkyl halides is 3. The van der Waals surface area contributed by atoms with Crippen molar-refractivity contribution in [3.63, 3.8) is 0 Å². The van der Waals surface area contributed by atoms with Crippen LogP contribution in [0.15, 0.2) is 18.2 Å². The van der Waals surface area contributed by atoms with E-state index < -0.39 is 35.4 Å². The van der Waals surface area contributed by atoms with Crippen LogP contribution >= 0.6 is 0 Å². The Morgan fingerprint density at radius 1 is 1.43 bits per heavy atom. The molecule has 0 saturated carbocycles. The van der Waals surface area contributed by atoms with Crippen molar-refractivity contribution in [2.75, 3.05) is 12.4 Å². The molecule has 0 fully saturated rings. The lowest BCUT2D eigenvalue weighted by molar-refractivity contribution is -0.137. The molecule has 0 radical (unpaired) electrons. The van der Waals surface area contributed by atoms with Gasteiger partial charge in [0.1, 0.15) is 6.04 Å². The van der Waals surface area contributed by atoms with Crippen LogP contribution in [0.2, 0.25) is 0 Å². The summed E-state index contributed by atoms with van der Waals surface area (Å²) in [6, 6.07) is 3.34. The highest BCUT2D eigenvalue weighted by Crippen LogP contribution is 2.33. The van der Waals surface area contributed by atoms with Crippen molar-refractivity contribution >= 4 is 11.6 Å². The van der Waals surface area contributed by atoms with Crippen molar-refractivity contribution < 1.29 is 23.1 Å². The van der Waals surface area contributed by atoms with Crippen molar-refractivity contribution in [2.45, 2.75) is 25.2 Å². The van der Waals surface area contributed by atoms with E-state index >= 15 is 0 Å². The Morgan fingerprint density at radius 2 is 2.05 bits per heavy atom. The fraction of sp³-hybridized carbons (Fsp3) is 0.385. The molecule has 21 heavy (non-hydrogen) atoms. The van der Waals surface area contributed by atoms with Gasteiger partial charge in [-0.15, -0.1) is 0 Å². The van der Waals surface area contributed by atoms with Crippen LogP contribution in [0.4, 0.5) is 18.9 Å². The van der Waals surface area contributed by atoms with Gasteiger partial charge in [-0.1, -0.05) is 0 Å². The summed E-state index contributed by atoms with van der Waals surface area (Å²) in [6.45, 7) is 1.33. The molecule has 0 aromatic heterocycles. The molecule has 3 N–H and O–H groups in total. The Kier molecular flexibility index (Phi) is 5.16. The van der Waals surface area contributed by atoms with Crippen molar-refractivity contribution in [2.24, 2.45) is 0 Å². The van der Waals surface area contributed by atoms with Gasteiger partial charge >= 0.3 is 6.18 Å². The number of nitrogens with one attached hydrogen (secondary N) is 2. The van der Waals surface area contributed by atoms with Gasteiger partial charge in [0.2, 0.25) is 5.91 Å². The molecule has 0 heterocycles. The molecule has 1 amide bonds. The van der Waals surface area contributed by atoms with Gasteiger partial charge in [-0.3, -0.25) is 4.79 Å². The summed E-state index contributed by atoms with van der Waals surface area (Å²) in [7, 11) is 1.35.